The molecule has 3 aromatic rings. The van der Waals surface area contributed by atoms with Gasteiger partial charge in [0.15, 0.2) is 0 Å². The first kappa shape index (κ1) is 23.7. The molecule has 4 heterocycles. The Kier molecular flexibility index (Phi) is 6.16. The van der Waals surface area contributed by atoms with Crippen LogP contribution in [0.4, 0.5) is 0 Å². The van der Waals surface area contributed by atoms with Crippen molar-refractivity contribution in [2.45, 2.75) is 31.7 Å². The molecule has 1 atom stereocenters. The molecular weight excluding hydrogens is 470 g/mol. The van der Waals surface area contributed by atoms with Gasteiger partial charge in [0, 0.05) is 44.4 Å². The topological polar surface area (TPSA) is 98.8 Å². The van der Waals surface area contributed by atoms with Gasteiger partial charge in [0.25, 0.3) is 11.5 Å². The maximum Gasteiger partial charge on any atom is 0.272 e. The van der Waals surface area contributed by atoms with E-state index in [2.05, 4.69) is 21.2 Å². The molecule has 6 rings (SSSR count). The Morgan fingerprint density at radius 2 is 1.81 bits per heavy atom. The standard InChI is InChI=1S/C28H31N5O4/c1-31-9-4-7-24(31)28(36)33-12-10-32(11-13-33)27(35)22-16-18(15-19-8-14-37-25(19)22)17-23-20-5-2-3-6-21(20)26(34)30-29-23/h2-3,5-6,15-16,24H,4,7-14,17H2,1H3,(H,30,34). The number of hydrogen-bond donors (Lipinski definition) is 1. The number of nitrogens with zero attached hydrogens (tertiary/aromatic N) is 4. The van der Waals surface area contributed by atoms with Crippen molar-refractivity contribution >= 4 is 22.6 Å². The van der Waals surface area contributed by atoms with Crippen LogP contribution >= 0.6 is 0 Å². The normalized spacial score (nSPS) is 19.8. The SMILES string of the molecule is CN1CCCC1C(=O)N1CCN(C(=O)c2cc(Cc3n[nH]c(=O)c4ccccc34)cc3c2OCC3)CC1. The number of ether oxygens (including phenoxy) is 1. The molecule has 1 N–H and O–H groups in total. The van der Waals surface area contributed by atoms with Crippen LogP contribution in [0.15, 0.2) is 41.2 Å². The highest BCUT2D eigenvalue weighted by Gasteiger charge is 2.34. The number of benzene rings is 2. The second-order valence-corrected chi connectivity index (χ2v) is 10.2. The first-order valence-electron chi connectivity index (χ1n) is 13.0. The highest BCUT2D eigenvalue weighted by molar-refractivity contribution is 5.98. The van der Waals surface area contributed by atoms with Crippen LogP contribution in [0.5, 0.6) is 5.75 Å². The Hall–Kier alpha value is -3.72. The van der Waals surface area contributed by atoms with E-state index >= 15 is 0 Å². The molecule has 3 aliphatic heterocycles. The maximum atomic E-state index is 13.7. The Labute approximate surface area is 215 Å². The van der Waals surface area contributed by atoms with E-state index < -0.39 is 0 Å². The van der Waals surface area contributed by atoms with Crippen LogP contribution in [0.25, 0.3) is 10.8 Å². The molecule has 3 aliphatic rings. The average Bonchev–Trinajstić information content (AvgIpc) is 3.58. The van der Waals surface area contributed by atoms with E-state index in [9.17, 15) is 14.4 Å². The van der Waals surface area contributed by atoms with E-state index in [1.165, 1.54) is 0 Å². The minimum atomic E-state index is -0.213. The molecule has 1 aromatic heterocycles. The van der Waals surface area contributed by atoms with E-state index in [0.29, 0.717) is 55.9 Å². The molecule has 2 saturated heterocycles. The third kappa shape index (κ3) is 4.37. The highest BCUT2D eigenvalue weighted by atomic mass is 16.5. The van der Waals surface area contributed by atoms with Crippen LogP contribution in [0.1, 0.15) is 40.0 Å². The number of likely N-dealkylation sites (N-methyl/N-ethyl adjacent to an activating group) is 1. The first-order chi connectivity index (χ1) is 18.0. The van der Waals surface area contributed by atoms with Crippen molar-refractivity contribution in [3.05, 3.63) is 69.1 Å². The van der Waals surface area contributed by atoms with Gasteiger partial charge in [0.05, 0.1) is 29.3 Å². The molecule has 37 heavy (non-hydrogen) atoms. The van der Waals surface area contributed by atoms with E-state index in [-0.39, 0.29) is 23.4 Å². The molecule has 2 amide bonds. The van der Waals surface area contributed by atoms with Gasteiger partial charge < -0.3 is 14.5 Å². The maximum absolute atomic E-state index is 13.7. The first-order valence-corrected chi connectivity index (χ1v) is 13.0. The number of likely N-dealkylation sites (tertiary alicyclic amines) is 1. The third-order valence-corrected chi connectivity index (χ3v) is 7.90. The number of aromatic amines is 1. The largest absolute Gasteiger partial charge is 0.492 e. The predicted octanol–water partition coefficient (Wildman–Crippen LogP) is 1.83. The number of H-pyrrole nitrogens is 1. The van der Waals surface area contributed by atoms with Crippen LogP contribution in [-0.4, -0.2) is 89.1 Å². The molecule has 0 saturated carbocycles. The van der Waals surface area contributed by atoms with E-state index in [1.807, 2.05) is 41.1 Å². The van der Waals surface area contributed by atoms with Crippen LogP contribution in [0.3, 0.4) is 0 Å². The molecule has 9 heteroatoms. The van der Waals surface area contributed by atoms with Gasteiger partial charge in [-0.05, 0) is 49.7 Å². The quantitative estimate of drug-likeness (QED) is 0.586. The van der Waals surface area contributed by atoms with Crippen LogP contribution in [-0.2, 0) is 17.6 Å². The summed E-state index contributed by atoms with van der Waals surface area (Å²) >= 11 is 0. The lowest BCUT2D eigenvalue weighted by molar-refractivity contribution is -0.137. The summed E-state index contributed by atoms with van der Waals surface area (Å²) < 4.78 is 5.89. The van der Waals surface area contributed by atoms with Gasteiger partial charge >= 0.3 is 0 Å². The number of carbonyl (C=O) groups excluding carboxylic acids is 2. The molecule has 192 valence electrons. The highest BCUT2D eigenvalue weighted by Crippen LogP contribution is 2.33. The third-order valence-electron chi connectivity index (χ3n) is 7.90. The van der Waals surface area contributed by atoms with E-state index in [4.69, 9.17) is 4.74 Å². The van der Waals surface area contributed by atoms with E-state index in [1.54, 1.807) is 6.07 Å². The van der Waals surface area contributed by atoms with Crippen molar-refractivity contribution in [2.24, 2.45) is 0 Å². The fraction of sp³-hybridized carbons (Fsp3) is 0.429. The van der Waals surface area contributed by atoms with Crippen molar-refractivity contribution in [2.75, 3.05) is 46.4 Å². The molecule has 2 fully saturated rings. The zero-order valence-electron chi connectivity index (χ0n) is 21.0. The average molecular weight is 502 g/mol. The minimum Gasteiger partial charge on any atom is -0.492 e. The van der Waals surface area contributed by atoms with Crippen molar-refractivity contribution < 1.29 is 14.3 Å². The fourth-order valence-electron chi connectivity index (χ4n) is 5.87. The smallest absolute Gasteiger partial charge is 0.272 e. The lowest BCUT2D eigenvalue weighted by atomic mass is 9.98. The summed E-state index contributed by atoms with van der Waals surface area (Å²) in [6, 6.07) is 11.4. The van der Waals surface area contributed by atoms with Gasteiger partial charge in [0.2, 0.25) is 5.91 Å². The zero-order chi connectivity index (χ0) is 25.5. The minimum absolute atomic E-state index is 0.0341. The lowest BCUT2D eigenvalue weighted by Gasteiger charge is -2.37. The Bertz CT molecular complexity index is 1430. The molecule has 2 aromatic carbocycles. The molecule has 0 spiro atoms. The molecule has 0 radical (unpaired) electrons. The van der Waals surface area contributed by atoms with Crippen LogP contribution in [0.2, 0.25) is 0 Å². The summed E-state index contributed by atoms with van der Waals surface area (Å²) in [5, 5.41) is 8.33. The predicted molar refractivity (Wildman–Crippen MR) is 139 cm³/mol. The number of amides is 2. The summed E-state index contributed by atoms with van der Waals surface area (Å²) in [4.78, 5) is 44.7. The number of nitrogens with one attached hydrogen (secondary N) is 1. The molecule has 0 aliphatic carbocycles. The van der Waals surface area contributed by atoms with Crippen molar-refractivity contribution in [3.63, 3.8) is 0 Å². The molecule has 9 nitrogen and oxygen atoms in total. The van der Waals surface area contributed by atoms with Gasteiger partial charge in [-0.1, -0.05) is 24.3 Å². The zero-order valence-corrected chi connectivity index (χ0v) is 21.0. The summed E-state index contributed by atoms with van der Waals surface area (Å²) in [5.41, 5.74) is 3.09. The monoisotopic (exact) mass is 501 g/mol. The summed E-state index contributed by atoms with van der Waals surface area (Å²) in [6.07, 6.45) is 3.20. The molecular formula is C28H31N5O4. The Morgan fingerprint density at radius 3 is 2.57 bits per heavy atom. The second-order valence-electron chi connectivity index (χ2n) is 10.2. The number of fused-ring (bicyclic) bond motifs is 2. The van der Waals surface area contributed by atoms with E-state index in [0.717, 1.165) is 48.0 Å². The van der Waals surface area contributed by atoms with Crippen molar-refractivity contribution in [1.29, 1.82) is 0 Å². The molecule has 0 bridgehead atoms. The van der Waals surface area contributed by atoms with Gasteiger partial charge in [-0.15, -0.1) is 0 Å². The van der Waals surface area contributed by atoms with Gasteiger partial charge in [0.1, 0.15) is 5.75 Å². The summed E-state index contributed by atoms with van der Waals surface area (Å²) in [7, 11) is 2.01. The Morgan fingerprint density at radius 1 is 1.05 bits per heavy atom. The van der Waals surface area contributed by atoms with Gasteiger partial charge in [-0.3, -0.25) is 19.3 Å². The Balaban J connectivity index is 1.22. The number of carbonyl (C=O) groups is 2. The van der Waals surface area contributed by atoms with Crippen LogP contribution < -0.4 is 10.3 Å². The summed E-state index contributed by atoms with van der Waals surface area (Å²) in [6.45, 7) is 3.62. The fourth-order valence-corrected chi connectivity index (χ4v) is 5.87. The van der Waals surface area contributed by atoms with Crippen molar-refractivity contribution in [3.8, 4) is 5.75 Å². The number of rotatable bonds is 4. The second kappa shape index (κ2) is 9.63. The van der Waals surface area contributed by atoms with Gasteiger partial charge in [-0.25, -0.2) is 5.10 Å². The number of piperazine rings is 1. The van der Waals surface area contributed by atoms with Crippen molar-refractivity contribution in [1.82, 2.24) is 24.9 Å². The number of aromatic nitrogens is 2. The number of hydrogen-bond acceptors (Lipinski definition) is 6. The molecule has 1 unspecified atom stereocenters. The van der Waals surface area contributed by atoms with Crippen LogP contribution in [0, 0.1) is 0 Å². The lowest BCUT2D eigenvalue weighted by Crippen LogP contribution is -2.54. The van der Waals surface area contributed by atoms with Gasteiger partial charge in [-0.2, -0.15) is 5.10 Å². The summed E-state index contributed by atoms with van der Waals surface area (Å²) in [5.74, 6) is 0.780.